The summed E-state index contributed by atoms with van der Waals surface area (Å²) >= 11 is 0. The first-order valence-corrected chi connectivity index (χ1v) is 8.42. The molecule has 0 radical (unpaired) electrons. The maximum Gasteiger partial charge on any atom is 0.331 e. The van der Waals surface area contributed by atoms with E-state index in [1.807, 2.05) is 12.1 Å². The molecule has 0 bridgehead atoms. The summed E-state index contributed by atoms with van der Waals surface area (Å²) in [5, 5.41) is 0. The molecule has 0 fully saturated rings. The minimum atomic E-state index is -1.04. The van der Waals surface area contributed by atoms with Crippen LogP contribution in [0.4, 0.5) is 4.39 Å². The summed E-state index contributed by atoms with van der Waals surface area (Å²) in [7, 11) is 0. The lowest BCUT2D eigenvalue weighted by molar-refractivity contribution is -0.141. The lowest BCUT2D eigenvalue weighted by Gasteiger charge is -2.16. The Balaban J connectivity index is 1.80. The van der Waals surface area contributed by atoms with Gasteiger partial charge in [-0.25, -0.2) is 9.18 Å². The van der Waals surface area contributed by atoms with Crippen LogP contribution in [0.1, 0.15) is 27.6 Å². The van der Waals surface area contributed by atoms with Crippen LogP contribution in [-0.2, 0) is 9.53 Å². The van der Waals surface area contributed by atoms with Crippen molar-refractivity contribution in [1.29, 1.82) is 0 Å². The lowest BCUT2D eigenvalue weighted by Crippen LogP contribution is -2.19. The zero-order valence-electron chi connectivity index (χ0n) is 14.4. The van der Waals surface area contributed by atoms with E-state index in [1.165, 1.54) is 24.3 Å². The normalized spacial score (nSPS) is 11.9. The topological polar surface area (TPSA) is 43.4 Å². The summed E-state index contributed by atoms with van der Waals surface area (Å²) in [6.07, 6.45) is 1.69. The molecule has 0 N–H and O–H groups in total. The van der Waals surface area contributed by atoms with E-state index >= 15 is 0 Å². The van der Waals surface area contributed by atoms with Gasteiger partial charge < -0.3 is 4.74 Å². The fourth-order valence-electron chi connectivity index (χ4n) is 2.55. The summed E-state index contributed by atoms with van der Waals surface area (Å²) in [4.78, 5) is 25.1. The van der Waals surface area contributed by atoms with Crippen molar-refractivity contribution in [2.75, 3.05) is 0 Å². The van der Waals surface area contributed by atoms with Gasteiger partial charge in [-0.3, -0.25) is 4.79 Å². The van der Waals surface area contributed by atoms with E-state index < -0.39 is 12.1 Å². The number of ketones is 1. The van der Waals surface area contributed by atoms with Crippen LogP contribution >= 0.6 is 0 Å². The molecule has 0 aliphatic carbocycles. The Morgan fingerprint density at radius 2 is 1.41 bits per heavy atom. The van der Waals surface area contributed by atoms with Crippen molar-refractivity contribution in [2.45, 2.75) is 6.10 Å². The van der Waals surface area contributed by atoms with E-state index in [0.717, 1.165) is 0 Å². The number of Topliss-reactive ketones (excluding diaryl/α,β-unsaturated/α-hetero) is 1. The van der Waals surface area contributed by atoms with Gasteiger partial charge in [0.15, 0.2) is 6.10 Å². The third kappa shape index (κ3) is 4.98. The van der Waals surface area contributed by atoms with Gasteiger partial charge in [0.25, 0.3) is 0 Å². The SMILES string of the molecule is O=C(/C=C/c1ccc(F)cc1)O[C@@H](C(=O)c1ccccc1)c1ccccc1. The van der Waals surface area contributed by atoms with Gasteiger partial charge in [0.05, 0.1) is 0 Å². The minimum Gasteiger partial charge on any atom is -0.446 e. The highest BCUT2D eigenvalue weighted by Gasteiger charge is 2.25. The number of esters is 1. The van der Waals surface area contributed by atoms with E-state index in [-0.39, 0.29) is 11.6 Å². The number of benzene rings is 3. The van der Waals surface area contributed by atoms with E-state index in [0.29, 0.717) is 16.7 Å². The van der Waals surface area contributed by atoms with Gasteiger partial charge >= 0.3 is 5.97 Å². The summed E-state index contributed by atoms with van der Waals surface area (Å²) in [6.45, 7) is 0. The van der Waals surface area contributed by atoms with Gasteiger partial charge in [0.2, 0.25) is 5.78 Å². The molecule has 27 heavy (non-hydrogen) atoms. The van der Waals surface area contributed by atoms with Crippen molar-refractivity contribution >= 4 is 17.8 Å². The fourth-order valence-corrected chi connectivity index (χ4v) is 2.55. The Kier molecular flexibility index (Phi) is 5.90. The number of halogens is 1. The number of carbonyl (C=O) groups excluding carboxylic acids is 2. The van der Waals surface area contributed by atoms with Crippen LogP contribution in [-0.4, -0.2) is 11.8 Å². The smallest absolute Gasteiger partial charge is 0.331 e. The third-order valence-electron chi connectivity index (χ3n) is 3.91. The molecule has 134 valence electrons. The predicted octanol–water partition coefficient (Wildman–Crippen LogP) is 5.01. The summed E-state index contributed by atoms with van der Waals surface area (Å²) in [6, 6.07) is 23.2. The maximum absolute atomic E-state index is 12.9. The van der Waals surface area contributed by atoms with Gasteiger partial charge in [-0.05, 0) is 23.8 Å². The van der Waals surface area contributed by atoms with Gasteiger partial charge in [-0.15, -0.1) is 0 Å². The second-order valence-electron chi connectivity index (χ2n) is 5.84. The quantitative estimate of drug-likeness (QED) is 0.353. The maximum atomic E-state index is 12.9. The third-order valence-corrected chi connectivity index (χ3v) is 3.91. The molecule has 0 saturated carbocycles. The van der Waals surface area contributed by atoms with Gasteiger partial charge in [0, 0.05) is 17.2 Å². The van der Waals surface area contributed by atoms with Gasteiger partial charge in [-0.2, -0.15) is 0 Å². The number of carbonyl (C=O) groups is 2. The Morgan fingerprint density at radius 3 is 2.04 bits per heavy atom. The first-order valence-electron chi connectivity index (χ1n) is 8.42. The second kappa shape index (κ2) is 8.72. The van der Waals surface area contributed by atoms with Crippen LogP contribution in [0, 0.1) is 5.82 Å². The average molecular weight is 360 g/mol. The van der Waals surface area contributed by atoms with Crippen molar-refractivity contribution in [2.24, 2.45) is 0 Å². The van der Waals surface area contributed by atoms with E-state index in [2.05, 4.69) is 0 Å². The highest BCUT2D eigenvalue weighted by Crippen LogP contribution is 2.23. The van der Waals surface area contributed by atoms with Crippen LogP contribution < -0.4 is 0 Å². The van der Waals surface area contributed by atoms with Gasteiger partial charge in [-0.1, -0.05) is 72.8 Å². The molecule has 3 rings (SSSR count). The van der Waals surface area contributed by atoms with Crippen LogP contribution in [0.3, 0.4) is 0 Å². The second-order valence-corrected chi connectivity index (χ2v) is 5.84. The number of rotatable bonds is 6. The van der Waals surface area contributed by atoms with Crippen molar-refractivity contribution in [3.05, 3.63) is 114 Å². The Hall–Kier alpha value is -3.53. The van der Waals surface area contributed by atoms with Crippen molar-refractivity contribution in [1.82, 2.24) is 0 Å². The molecule has 0 heterocycles. The van der Waals surface area contributed by atoms with Crippen molar-refractivity contribution < 1.29 is 18.7 Å². The molecule has 3 aromatic rings. The highest BCUT2D eigenvalue weighted by atomic mass is 19.1. The summed E-state index contributed by atoms with van der Waals surface area (Å²) < 4.78 is 18.4. The molecule has 3 aromatic carbocycles. The highest BCUT2D eigenvalue weighted by molar-refractivity contribution is 6.01. The molecule has 1 atom stereocenters. The van der Waals surface area contributed by atoms with Crippen molar-refractivity contribution in [3.63, 3.8) is 0 Å². The first kappa shape index (κ1) is 18.3. The minimum absolute atomic E-state index is 0.301. The number of hydrogen-bond donors (Lipinski definition) is 0. The zero-order chi connectivity index (χ0) is 19.1. The van der Waals surface area contributed by atoms with E-state index in [9.17, 15) is 14.0 Å². The van der Waals surface area contributed by atoms with Crippen LogP contribution in [0.5, 0.6) is 0 Å². The van der Waals surface area contributed by atoms with Crippen LogP contribution in [0.25, 0.3) is 6.08 Å². The first-order chi connectivity index (χ1) is 13.1. The number of ether oxygens (including phenoxy) is 1. The Labute approximate surface area is 156 Å². The fraction of sp³-hybridized carbons (Fsp3) is 0.0435. The summed E-state index contributed by atoms with van der Waals surface area (Å²) in [5.41, 5.74) is 1.70. The molecular formula is C23H17FO3. The average Bonchev–Trinajstić information content (AvgIpc) is 2.72. The van der Waals surface area contributed by atoms with Crippen molar-refractivity contribution in [3.8, 4) is 0 Å². The summed E-state index contributed by atoms with van der Waals surface area (Å²) in [5.74, 6) is -1.31. The molecule has 3 nitrogen and oxygen atoms in total. The molecular weight excluding hydrogens is 343 g/mol. The van der Waals surface area contributed by atoms with Crippen LogP contribution in [0.2, 0.25) is 0 Å². The molecule has 0 spiro atoms. The lowest BCUT2D eigenvalue weighted by atomic mass is 10.00. The standard InChI is InChI=1S/C23H17FO3/c24-20-14-11-17(12-15-20)13-16-21(25)27-23(19-9-5-2-6-10-19)22(26)18-7-3-1-4-8-18/h1-16,23H/b16-13+/t23-/m1/s1. The Bertz CT molecular complexity index is 932. The van der Waals surface area contributed by atoms with E-state index in [1.54, 1.807) is 60.7 Å². The van der Waals surface area contributed by atoms with Gasteiger partial charge in [0.1, 0.15) is 5.82 Å². The predicted molar refractivity (Wildman–Crippen MR) is 101 cm³/mol. The largest absolute Gasteiger partial charge is 0.446 e. The molecule has 4 heteroatoms. The zero-order valence-corrected chi connectivity index (χ0v) is 14.4. The monoisotopic (exact) mass is 360 g/mol. The molecule has 0 aromatic heterocycles. The molecule has 0 saturated heterocycles. The molecule has 0 amide bonds. The molecule has 0 aliphatic rings. The van der Waals surface area contributed by atoms with Crippen LogP contribution in [0.15, 0.2) is 91.0 Å². The number of hydrogen-bond acceptors (Lipinski definition) is 3. The molecule has 0 unspecified atom stereocenters. The molecule has 0 aliphatic heterocycles. The van der Waals surface area contributed by atoms with E-state index in [4.69, 9.17) is 4.74 Å². The Morgan fingerprint density at radius 1 is 0.815 bits per heavy atom.